The number of likely N-dealkylation sites (N-methyl/N-ethyl adjacent to an activating group) is 1. The Morgan fingerprint density at radius 2 is 2.11 bits per heavy atom. The van der Waals surface area contributed by atoms with Crippen LogP contribution in [-0.2, 0) is 11.2 Å². The highest BCUT2D eigenvalue weighted by Gasteiger charge is 2.29. The van der Waals surface area contributed by atoms with Crippen LogP contribution in [0.1, 0.15) is 25.5 Å². The Balaban J connectivity index is 2.48. The molecule has 4 nitrogen and oxygen atoms in total. The van der Waals surface area contributed by atoms with Crippen LogP contribution in [0.4, 0.5) is 13.2 Å². The lowest BCUT2D eigenvalue weighted by atomic mass is 10.1. The molecular weight excluding hydrogens is 259 g/mol. The fourth-order valence-electron chi connectivity index (χ4n) is 1.55. The molecule has 1 aromatic rings. The number of aromatic nitrogens is 2. The third-order valence-electron chi connectivity index (χ3n) is 2.80. The van der Waals surface area contributed by atoms with Crippen molar-refractivity contribution in [2.75, 3.05) is 7.05 Å². The number of nitrogens with zero attached hydrogens (tertiary/aromatic N) is 3. The molecule has 0 bridgehead atoms. The van der Waals surface area contributed by atoms with E-state index in [4.69, 9.17) is 0 Å². The minimum Gasteiger partial charge on any atom is -0.343 e. The van der Waals surface area contributed by atoms with Gasteiger partial charge in [-0.3, -0.25) is 14.8 Å². The molecule has 0 aliphatic rings. The molecule has 1 amide bonds. The number of amides is 1. The molecule has 0 N–H and O–H groups in total. The molecule has 0 spiro atoms. The molecule has 1 rings (SSSR count). The summed E-state index contributed by atoms with van der Waals surface area (Å²) >= 11 is 0. The van der Waals surface area contributed by atoms with Gasteiger partial charge in [0.25, 0.3) is 0 Å². The predicted octanol–water partition coefficient (Wildman–Crippen LogP) is 2.21. The normalized spacial score (nSPS) is 13.1. The summed E-state index contributed by atoms with van der Waals surface area (Å²) in [6.07, 6.45) is -0.810. The lowest BCUT2D eigenvalue weighted by Crippen LogP contribution is -2.37. The van der Waals surface area contributed by atoms with Gasteiger partial charge in [-0.2, -0.15) is 13.2 Å². The van der Waals surface area contributed by atoms with Crippen LogP contribution in [-0.4, -0.2) is 40.0 Å². The van der Waals surface area contributed by atoms with Crippen molar-refractivity contribution in [3.05, 3.63) is 24.3 Å². The highest BCUT2D eigenvalue weighted by molar-refractivity contribution is 5.76. The molecule has 1 heterocycles. The lowest BCUT2D eigenvalue weighted by Gasteiger charge is -2.25. The lowest BCUT2D eigenvalue weighted by molar-refractivity contribution is -0.149. The minimum absolute atomic E-state index is 0.225. The van der Waals surface area contributed by atoms with Gasteiger partial charge in [-0.15, -0.1) is 0 Å². The van der Waals surface area contributed by atoms with E-state index in [2.05, 4.69) is 9.97 Å². The van der Waals surface area contributed by atoms with Gasteiger partial charge in [-0.1, -0.05) is 0 Å². The van der Waals surface area contributed by atoms with E-state index in [9.17, 15) is 18.0 Å². The maximum absolute atomic E-state index is 12.0. The molecule has 0 radical (unpaired) electrons. The molecule has 0 fully saturated rings. The summed E-state index contributed by atoms with van der Waals surface area (Å²) in [5.74, 6) is -0.520. The number of carbonyl (C=O) groups excluding carboxylic acids is 1. The van der Waals surface area contributed by atoms with Crippen molar-refractivity contribution >= 4 is 5.91 Å². The maximum atomic E-state index is 12.0. The van der Waals surface area contributed by atoms with Crippen molar-refractivity contribution < 1.29 is 18.0 Å². The second-order valence-corrected chi connectivity index (χ2v) is 4.37. The van der Waals surface area contributed by atoms with Gasteiger partial charge >= 0.3 is 6.18 Å². The van der Waals surface area contributed by atoms with Gasteiger partial charge in [0.1, 0.15) is 0 Å². The number of carbonyl (C=O) groups is 1. The van der Waals surface area contributed by atoms with Crippen molar-refractivity contribution in [1.29, 1.82) is 0 Å². The summed E-state index contributed by atoms with van der Waals surface area (Å²) in [7, 11) is 1.50. The molecule has 0 saturated carbocycles. The van der Waals surface area contributed by atoms with E-state index in [-0.39, 0.29) is 6.04 Å². The Kier molecular flexibility index (Phi) is 5.26. The summed E-state index contributed by atoms with van der Waals surface area (Å²) in [4.78, 5) is 20.9. The monoisotopic (exact) mass is 275 g/mol. The number of alkyl halides is 3. The molecule has 0 aromatic carbocycles. The zero-order valence-electron chi connectivity index (χ0n) is 10.8. The van der Waals surface area contributed by atoms with Crippen LogP contribution in [0, 0.1) is 0 Å². The molecule has 1 aromatic heterocycles. The molecule has 106 valence electrons. The van der Waals surface area contributed by atoms with E-state index in [1.54, 1.807) is 13.1 Å². The van der Waals surface area contributed by atoms with Crippen LogP contribution in [0.2, 0.25) is 0 Å². The Morgan fingerprint density at radius 1 is 1.42 bits per heavy atom. The third kappa shape index (κ3) is 5.67. The second-order valence-electron chi connectivity index (χ2n) is 4.37. The van der Waals surface area contributed by atoms with Gasteiger partial charge in [-0.05, 0) is 6.92 Å². The standard InChI is InChI=1S/C12H16F3N3O/c1-9(7-10-8-16-5-6-17-10)18(2)11(19)3-4-12(13,14)15/h5-6,8-9H,3-4,7H2,1-2H3/t9-/m1/s1. The second kappa shape index (κ2) is 6.49. The zero-order valence-corrected chi connectivity index (χ0v) is 10.8. The van der Waals surface area contributed by atoms with Gasteiger partial charge in [0.05, 0.1) is 12.1 Å². The summed E-state index contributed by atoms with van der Waals surface area (Å²) in [5.41, 5.74) is 0.700. The van der Waals surface area contributed by atoms with Crippen molar-refractivity contribution in [3.63, 3.8) is 0 Å². The Bertz CT molecular complexity index is 408. The number of hydrogen-bond donors (Lipinski definition) is 0. The number of halogens is 3. The third-order valence-corrected chi connectivity index (χ3v) is 2.80. The van der Waals surface area contributed by atoms with E-state index < -0.39 is 24.9 Å². The van der Waals surface area contributed by atoms with E-state index in [1.165, 1.54) is 24.3 Å². The van der Waals surface area contributed by atoms with Crippen molar-refractivity contribution in [2.45, 2.75) is 38.4 Å². The zero-order chi connectivity index (χ0) is 14.5. The number of rotatable bonds is 5. The van der Waals surface area contributed by atoms with Crippen LogP contribution in [0.15, 0.2) is 18.6 Å². The van der Waals surface area contributed by atoms with Crippen LogP contribution in [0.5, 0.6) is 0 Å². The van der Waals surface area contributed by atoms with Gasteiger partial charge in [0.2, 0.25) is 5.91 Å². The molecule has 0 aliphatic carbocycles. The molecule has 19 heavy (non-hydrogen) atoms. The van der Waals surface area contributed by atoms with E-state index in [0.717, 1.165) is 0 Å². The van der Waals surface area contributed by atoms with Crippen LogP contribution in [0.25, 0.3) is 0 Å². The fourth-order valence-corrected chi connectivity index (χ4v) is 1.55. The first-order valence-corrected chi connectivity index (χ1v) is 5.87. The van der Waals surface area contributed by atoms with Crippen molar-refractivity contribution in [1.82, 2.24) is 14.9 Å². The molecule has 0 aliphatic heterocycles. The highest BCUT2D eigenvalue weighted by Crippen LogP contribution is 2.22. The molecular formula is C12H16F3N3O. The first kappa shape index (κ1) is 15.4. The largest absolute Gasteiger partial charge is 0.389 e. The first-order chi connectivity index (χ1) is 8.79. The van der Waals surface area contributed by atoms with E-state index in [0.29, 0.717) is 12.1 Å². The van der Waals surface area contributed by atoms with E-state index >= 15 is 0 Å². The van der Waals surface area contributed by atoms with Crippen LogP contribution in [0.3, 0.4) is 0 Å². The molecule has 7 heteroatoms. The van der Waals surface area contributed by atoms with Gasteiger partial charge in [0, 0.05) is 44.5 Å². The first-order valence-electron chi connectivity index (χ1n) is 5.87. The summed E-state index contributed by atoms with van der Waals surface area (Å²) in [5, 5.41) is 0. The minimum atomic E-state index is -4.30. The van der Waals surface area contributed by atoms with Crippen LogP contribution < -0.4 is 0 Å². The summed E-state index contributed by atoms with van der Waals surface area (Å²) in [6, 6.07) is -0.225. The average Bonchev–Trinajstić information content (AvgIpc) is 2.35. The van der Waals surface area contributed by atoms with Crippen molar-refractivity contribution in [2.24, 2.45) is 0 Å². The summed E-state index contributed by atoms with van der Waals surface area (Å²) in [6.45, 7) is 1.76. The fraction of sp³-hybridized carbons (Fsp3) is 0.583. The van der Waals surface area contributed by atoms with E-state index in [1.807, 2.05) is 0 Å². The van der Waals surface area contributed by atoms with Gasteiger partial charge < -0.3 is 4.90 Å². The Morgan fingerprint density at radius 3 is 2.63 bits per heavy atom. The van der Waals surface area contributed by atoms with Gasteiger partial charge in [-0.25, -0.2) is 0 Å². The van der Waals surface area contributed by atoms with Gasteiger partial charge in [0.15, 0.2) is 0 Å². The topological polar surface area (TPSA) is 46.1 Å². The average molecular weight is 275 g/mol. The molecule has 0 saturated heterocycles. The Labute approximate surface area is 109 Å². The Hall–Kier alpha value is -1.66. The smallest absolute Gasteiger partial charge is 0.343 e. The highest BCUT2D eigenvalue weighted by atomic mass is 19.4. The molecule has 0 unspecified atom stereocenters. The quantitative estimate of drug-likeness (QED) is 0.827. The van der Waals surface area contributed by atoms with Crippen molar-refractivity contribution in [3.8, 4) is 0 Å². The summed E-state index contributed by atoms with van der Waals surface area (Å²) < 4.78 is 36.1. The predicted molar refractivity (Wildman–Crippen MR) is 63.3 cm³/mol. The molecule has 1 atom stereocenters. The SMILES string of the molecule is C[C@H](Cc1cnccn1)N(C)C(=O)CCC(F)(F)F. The van der Waals surface area contributed by atoms with Crippen LogP contribution >= 0.6 is 0 Å². The number of hydrogen-bond acceptors (Lipinski definition) is 3. The maximum Gasteiger partial charge on any atom is 0.389 e.